The van der Waals surface area contributed by atoms with Crippen LogP contribution in [0.2, 0.25) is 0 Å². The van der Waals surface area contributed by atoms with Gasteiger partial charge in [-0.25, -0.2) is 14.6 Å². The zero-order chi connectivity index (χ0) is 34.4. The molecule has 13 heteroatoms. The molecule has 2 aliphatic heterocycles. The minimum atomic E-state index is -1.02. The van der Waals surface area contributed by atoms with Gasteiger partial charge in [0.2, 0.25) is 6.61 Å². The first-order chi connectivity index (χ1) is 23.0. The number of hydrogen-bond acceptors (Lipinski definition) is 11. The Morgan fingerprint density at radius 1 is 1.06 bits per heavy atom. The fourth-order valence-corrected chi connectivity index (χ4v) is 6.39. The highest BCUT2D eigenvalue weighted by atomic mass is 32.2. The fourth-order valence-electron chi connectivity index (χ4n) is 5.05. The Morgan fingerprint density at radius 2 is 1.71 bits per heavy atom. The first-order valence-corrected chi connectivity index (χ1v) is 16.1. The summed E-state index contributed by atoms with van der Waals surface area (Å²) in [6.07, 6.45) is 0.792. The molecule has 0 bridgehead atoms. The Bertz CT molecular complexity index is 1730. The number of thioether (sulfide) groups is 1. The third kappa shape index (κ3) is 7.74. The highest BCUT2D eigenvalue weighted by molar-refractivity contribution is 8.00. The first kappa shape index (κ1) is 33.9. The molecule has 3 aromatic rings. The van der Waals surface area contributed by atoms with E-state index in [1.807, 2.05) is 60.7 Å². The maximum atomic E-state index is 13.9. The summed E-state index contributed by atoms with van der Waals surface area (Å²) in [5.41, 5.74) is 6.95. The van der Waals surface area contributed by atoms with E-state index in [9.17, 15) is 19.2 Å². The monoisotopic (exact) mass is 669 g/mol. The second kappa shape index (κ2) is 14.6. The summed E-state index contributed by atoms with van der Waals surface area (Å²) in [6.45, 7) is 8.39. The number of oxime groups is 1. The van der Waals surface area contributed by atoms with Crippen LogP contribution in [-0.4, -0.2) is 68.7 Å². The summed E-state index contributed by atoms with van der Waals surface area (Å²) < 4.78 is 11.3. The van der Waals surface area contributed by atoms with Crippen molar-refractivity contribution >= 4 is 47.0 Å². The van der Waals surface area contributed by atoms with Crippen LogP contribution in [0.3, 0.4) is 0 Å². The van der Waals surface area contributed by atoms with Crippen LogP contribution in [0.4, 0.5) is 5.82 Å². The Balaban J connectivity index is 1.35. The van der Waals surface area contributed by atoms with Crippen molar-refractivity contribution in [2.24, 2.45) is 5.16 Å². The molecule has 0 saturated carbocycles. The SMILES string of the molecule is C=CC1=C(C(=O)OC(c2ccccc2)c2ccccc2)N2C(=O)C(NC(=O)C(=NOCC(=O)OC(C)(C)C)c3cccc(N)n3)[C@@H]2SC1. The van der Waals surface area contributed by atoms with Gasteiger partial charge in [0, 0.05) is 5.75 Å². The molecule has 2 amide bonds. The number of carbonyl (C=O) groups excluding carboxylic acids is 4. The number of amides is 2. The molecular formula is C35H35N5O7S. The van der Waals surface area contributed by atoms with Gasteiger partial charge in [-0.3, -0.25) is 14.5 Å². The van der Waals surface area contributed by atoms with Gasteiger partial charge >= 0.3 is 11.9 Å². The minimum absolute atomic E-state index is 0.0580. The number of nitrogens with zero attached hydrogens (tertiary/aromatic N) is 3. The van der Waals surface area contributed by atoms with E-state index < -0.39 is 53.5 Å². The number of esters is 2. The van der Waals surface area contributed by atoms with Gasteiger partial charge in [0.25, 0.3) is 11.8 Å². The summed E-state index contributed by atoms with van der Waals surface area (Å²) in [6, 6.07) is 22.2. The van der Waals surface area contributed by atoms with E-state index in [4.69, 9.17) is 20.0 Å². The van der Waals surface area contributed by atoms with E-state index in [-0.39, 0.29) is 22.9 Å². The Hall–Kier alpha value is -5.43. The van der Waals surface area contributed by atoms with E-state index >= 15 is 0 Å². The minimum Gasteiger partial charge on any atom is -0.457 e. The van der Waals surface area contributed by atoms with E-state index in [0.29, 0.717) is 11.3 Å². The molecule has 12 nitrogen and oxygen atoms in total. The summed E-state index contributed by atoms with van der Waals surface area (Å²) in [5, 5.41) is 5.92. The van der Waals surface area contributed by atoms with Gasteiger partial charge in [0.05, 0.1) is 0 Å². The summed E-state index contributed by atoms with van der Waals surface area (Å²) in [4.78, 5) is 63.8. The molecule has 3 heterocycles. The number of rotatable bonds is 11. The Kier molecular flexibility index (Phi) is 10.3. The van der Waals surface area contributed by atoms with Gasteiger partial charge in [0.15, 0.2) is 11.8 Å². The van der Waals surface area contributed by atoms with Crippen molar-refractivity contribution in [3.8, 4) is 0 Å². The van der Waals surface area contributed by atoms with Crippen LogP contribution in [0.25, 0.3) is 0 Å². The number of nitrogen functional groups attached to an aromatic ring is 1. The number of allylic oxidation sites excluding steroid dienone is 1. The molecule has 248 valence electrons. The van der Waals surface area contributed by atoms with Crippen molar-refractivity contribution in [2.45, 2.75) is 43.9 Å². The topological polar surface area (TPSA) is 163 Å². The number of β-lactam (4-membered cyclic amide) rings is 1. The smallest absolute Gasteiger partial charge is 0.356 e. The van der Waals surface area contributed by atoms with Gasteiger partial charge in [-0.2, -0.15) is 0 Å². The number of ether oxygens (including phenoxy) is 2. The Morgan fingerprint density at radius 3 is 2.29 bits per heavy atom. The zero-order valence-corrected chi connectivity index (χ0v) is 27.4. The molecule has 5 rings (SSSR count). The van der Waals surface area contributed by atoms with E-state index in [1.165, 1.54) is 34.9 Å². The molecule has 2 aromatic carbocycles. The van der Waals surface area contributed by atoms with Gasteiger partial charge in [-0.1, -0.05) is 84.5 Å². The van der Waals surface area contributed by atoms with Crippen LogP contribution >= 0.6 is 11.8 Å². The molecular weight excluding hydrogens is 634 g/mol. The van der Waals surface area contributed by atoms with Crippen LogP contribution in [0.5, 0.6) is 0 Å². The average molecular weight is 670 g/mol. The zero-order valence-electron chi connectivity index (χ0n) is 26.6. The molecule has 1 saturated heterocycles. The van der Waals surface area contributed by atoms with Crippen molar-refractivity contribution in [1.29, 1.82) is 0 Å². The molecule has 0 aliphatic carbocycles. The predicted octanol–water partition coefficient (Wildman–Crippen LogP) is 3.90. The molecule has 0 radical (unpaired) electrons. The van der Waals surface area contributed by atoms with Crippen LogP contribution < -0.4 is 11.1 Å². The lowest BCUT2D eigenvalue weighted by Gasteiger charge is -2.49. The quantitative estimate of drug-likeness (QED) is 0.133. The first-order valence-electron chi connectivity index (χ1n) is 15.0. The number of pyridine rings is 1. The van der Waals surface area contributed by atoms with Crippen molar-refractivity contribution in [1.82, 2.24) is 15.2 Å². The van der Waals surface area contributed by atoms with Crippen molar-refractivity contribution in [3.63, 3.8) is 0 Å². The lowest BCUT2D eigenvalue weighted by molar-refractivity contribution is -0.160. The van der Waals surface area contributed by atoms with Gasteiger partial charge < -0.3 is 25.4 Å². The van der Waals surface area contributed by atoms with Gasteiger partial charge in [-0.15, -0.1) is 11.8 Å². The number of anilines is 1. The number of aromatic nitrogens is 1. The molecule has 48 heavy (non-hydrogen) atoms. The molecule has 0 spiro atoms. The number of nitrogens with one attached hydrogen (secondary N) is 1. The lowest BCUT2D eigenvalue weighted by Crippen LogP contribution is -2.71. The molecule has 3 N–H and O–H groups in total. The summed E-state index contributed by atoms with van der Waals surface area (Å²) >= 11 is 1.35. The van der Waals surface area contributed by atoms with Crippen LogP contribution in [0.1, 0.15) is 43.7 Å². The predicted molar refractivity (Wildman–Crippen MR) is 180 cm³/mol. The van der Waals surface area contributed by atoms with Crippen molar-refractivity contribution < 1.29 is 33.5 Å². The third-order valence-electron chi connectivity index (χ3n) is 7.14. The highest BCUT2D eigenvalue weighted by Crippen LogP contribution is 2.42. The normalized spacial score (nSPS) is 17.6. The largest absolute Gasteiger partial charge is 0.457 e. The second-order valence-electron chi connectivity index (χ2n) is 11.8. The molecule has 1 aromatic heterocycles. The molecule has 1 fully saturated rings. The summed E-state index contributed by atoms with van der Waals surface area (Å²) in [5.74, 6) is -2.27. The number of benzene rings is 2. The van der Waals surface area contributed by atoms with Crippen molar-refractivity contribution in [3.05, 3.63) is 120 Å². The van der Waals surface area contributed by atoms with E-state index in [0.717, 1.165) is 11.1 Å². The van der Waals surface area contributed by atoms with Crippen LogP contribution in [0, 0.1) is 0 Å². The van der Waals surface area contributed by atoms with E-state index in [1.54, 1.807) is 26.8 Å². The highest BCUT2D eigenvalue weighted by Gasteiger charge is 2.54. The maximum absolute atomic E-state index is 13.9. The summed E-state index contributed by atoms with van der Waals surface area (Å²) in [7, 11) is 0. The third-order valence-corrected chi connectivity index (χ3v) is 8.44. The van der Waals surface area contributed by atoms with Crippen LogP contribution in [-0.2, 0) is 33.5 Å². The van der Waals surface area contributed by atoms with Crippen molar-refractivity contribution in [2.75, 3.05) is 18.1 Å². The second-order valence-corrected chi connectivity index (χ2v) is 12.9. The Labute approximate surface area is 282 Å². The van der Waals surface area contributed by atoms with E-state index in [2.05, 4.69) is 22.0 Å². The average Bonchev–Trinajstić information content (AvgIpc) is 3.07. The van der Waals surface area contributed by atoms with Gasteiger partial charge in [-0.05, 0) is 49.6 Å². The molecule has 2 atom stereocenters. The lowest BCUT2D eigenvalue weighted by atomic mass is 10.0. The van der Waals surface area contributed by atoms with Crippen LogP contribution in [0.15, 0.2) is 108 Å². The number of nitrogens with two attached hydrogens (primary N) is 1. The number of hydrogen-bond donors (Lipinski definition) is 2. The van der Waals surface area contributed by atoms with Gasteiger partial charge in [0.1, 0.15) is 34.2 Å². The number of fused-ring (bicyclic) bond motifs is 1. The maximum Gasteiger partial charge on any atom is 0.356 e. The number of carbonyl (C=O) groups is 4. The fraction of sp³-hybridized carbons (Fsp3) is 0.257. The molecule has 2 aliphatic rings. The molecule has 1 unspecified atom stereocenters. The standard InChI is InChI=1S/C35H35N5O7S/c1-5-21-20-48-33-28(38-31(42)27(24-17-12-18-25(36)37-24)39-45-19-26(41)47-35(2,3)4)32(43)40(33)29(21)34(44)46-30(22-13-8-6-9-14-22)23-15-10-7-11-16-23/h5-18,28,30,33H,1,19-20H2,2-4H3,(H2,36,37)(H,38,42)/t28?,33-/m0/s1.